The molecule has 1 heterocycles. The summed E-state index contributed by atoms with van der Waals surface area (Å²) in [5.74, 6) is 0. The molecule has 4 heteroatoms. The summed E-state index contributed by atoms with van der Waals surface area (Å²) in [5.41, 5.74) is 0.452. The molecule has 92 valence electrons. The minimum atomic E-state index is -0.548. The van der Waals surface area contributed by atoms with Gasteiger partial charge in [-0.25, -0.2) is 4.98 Å². The molecular formula is C13H17NO2S. The Morgan fingerprint density at radius 3 is 2.76 bits per heavy atom. The fourth-order valence-corrected chi connectivity index (χ4v) is 2.56. The molecule has 1 aromatic heterocycles. The maximum atomic E-state index is 10.1. The standard InChI is InChI=1S/C13H17NO2S/c1-13(2,16-3)11(15)8-12-14-9-6-4-5-7-10(9)17-12/h4-7,11,15H,8H2,1-3H3. The molecule has 0 saturated heterocycles. The second kappa shape index (κ2) is 4.72. The van der Waals surface area contributed by atoms with E-state index in [4.69, 9.17) is 4.74 Å². The molecule has 3 nitrogen and oxygen atoms in total. The van der Waals surface area contributed by atoms with Gasteiger partial charge in [-0.1, -0.05) is 12.1 Å². The van der Waals surface area contributed by atoms with E-state index < -0.39 is 11.7 Å². The summed E-state index contributed by atoms with van der Waals surface area (Å²) in [7, 11) is 1.61. The summed E-state index contributed by atoms with van der Waals surface area (Å²) < 4.78 is 6.43. The number of aliphatic hydroxyl groups excluding tert-OH is 1. The third-order valence-corrected chi connectivity index (χ3v) is 4.09. The summed E-state index contributed by atoms with van der Waals surface area (Å²) in [4.78, 5) is 4.50. The molecule has 0 radical (unpaired) electrons. The fraction of sp³-hybridized carbons (Fsp3) is 0.462. The molecule has 1 N–H and O–H groups in total. The Morgan fingerprint density at radius 2 is 2.12 bits per heavy atom. The van der Waals surface area contributed by atoms with Crippen molar-refractivity contribution < 1.29 is 9.84 Å². The number of hydrogen-bond donors (Lipinski definition) is 1. The van der Waals surface area contributed by atoms with Crippen molar-refractivity contribution in [2.45, 2.75) is 32.0 Å². The van der Waals surface area contributed by atoms with Crippen molar-refractivity contribution in [3.8, 4) is 0 Å². The first-order valence-corrected chi connectivity index (χ1v) is 6.42. The number of methoxy groups -OCH3 is 1. The molecule has 0 fully saturated rings. The zero-order valence-electron chi connectivity index (χ0n) is 10.3. The van der Waals surface area contributed by atoms with E-state index in [0.717, 1.165) is 15.2 Å². The van der Waals surface area contributed by atoms with E-state index in [2.05, 4.69) is 4.98 Å². The molecule has 2 rings (SSSR count). The first-order chi connectivity index (χ1) is 8.03. The van der Waals surface area contributed by atoms with Crippen LogP contribution in [-0.4, -0.2) is 28.9 Å². The van der Waals surface area contributed by atoms with Crippen molar-refractivity contribution in [3.05, 3.63) is 29.3 Å². The summed E-state index contributed by atoms with van der Waals surface area (Å²) in [6.07, 6.45) is -0.0201. The Kier molecular flexibility index (Phi) is 3.47. The van der Waals surface area contributed by atoms with Crippen LogP contribution < -0.4 is 0 Å². The van der Waals surface area contributed by atoms with Gasteiger partial charge in [-0.15, -0.1) is 11.3 Å². The molecular weight excluding hydrogens is 234 g/mol. The molecule has 0 amide bonds. The second-order valence-electron chi connectivity index (χ2n) is 4.60. The maximum Gasteiger partial charge on any atom is 0.0965 e. The highest BCUT2D eigenvalue weighted by molar-refractivity contribution is 7.18. The Hall–Kier alpha value is -0.970. The molecule has 2 aromatic rings. The number of hydrogen-bond acceptors (Lipinski definition) is 4. The van der Waals surface area contributed by atoms with Crippen LogP contribution in [0.25, 0.3) is 10.2 Å². The van der Waals surface area contributed by atoms with Crippen molar-refractivity contribution in [2.75, 3.05) is 7.11 Å². The van der Waals surface area contributed by atoms with Crippen LogP contribution in [0.5, 0.6) is 0 Å². The SMILES string of the molecule is COC(C)(C)C(O)Cc1nc2ccccc2s1. The Morgan fingerprint density at radius 1 is 1.41 bits per heavy atom. The van der Waals surface area contributed by atoms with Gasteiger partial charge < -0.3 is 9.84 Å². The van der Waals surface area contributed by atoms with Crippen molar-refractivity contribution in [2.24, 2.45) is 0 Å². The van der Waals surface area contributed by atoms with Crippen LogP contribution in [-0.2, 0) is 11.2 Å². The van der Waals surface area contributed by atoms with Crippen molar-refractivity contribution >= 4 is 21.6 Å². The second-order valence-corrected chi connectivity index (χ2v) is 5.72. The monoisotopic (exact) mass is 251 g/mol. The van der Waals surface area contributed by atoms with Gasteiger partial charge in [-0.05, 0) is 26.0 Å². The minimum Gasteiger partial charge on any atom is -0.390 e. The lowest BCUT2D eigenvalue weighted by Crippen LogP contribution is -2.39. The highest BCUT2D eigenvalue weighted by atomic mass is 32.1. The Balaban J connectivity index is 2.18. The zero-order chi connectivity index (χ0) is 12.5. The summed E-state index contributed by atoms with van der Waals surface area (Å²) in [6, 6.07) is 8.01. The highest BCUT2D eigenvalue weighted by Crippen LogP contribution is 2.25. The van der Waals surface area contributed by atoms with Crippen LogP contribution in [0.4, 0.5) is 0 Å². The predicted octanol–water partition coefficient (Wildman–Crippen LogP) is 2.62. The summed E-state index contributed by atoms with van der Waals surface area (Å²) >= 11 is 1.63. The number of thiazole rings is 1. The molecule has 17 heavy (non-hydrogen) atoms. The zero-order valence-corrected chi connectivity index (χ0v) is 11.1. The van der Waals surface area contributed by atoms with Crippen LogP contribution >= 0.6 is 11.3 Å². The molecule has 1 aromatic carbocycles. The van der Waals surface area contributed by atoms with E-state index in [-0.39, 0.29) is 0 Å². The van der Waals surface area contributed by atoms with Gasteiger partial charge in [-0.2, -0.15) is 0 Å². The number of benzene rings is 1. The smallest absolute Gasteiger partial charge is 0.0965 e. The number of nitrogens with zero attached hydrogens (tertiary/aromatic N) is 1. The first-order valence-electron chi connectivity index (χ1n) is 5.60. The fourth-order valence-electron chi connectivity index (χ4n) is 1.55. The van der Waals surface area contributed by atoms with E-state index in [0.29, 0.717) is 6.42 Å². The third-order valence-electron chi connectivity index (χ3n) is 3.03. The van der Waals surface area contributed by atoms with Crippen LogP contribution in [0.15, 0.2) is 24.3 Å². The van der Waals surface area contributed by atoms with Gasteiger partial charge in [0.2, 0.25) is 0 Å². The number of ether oxygens (including phenoxy) is 1. The Labute approximate surface area is 105 Å². The van der Waals surface area contributed by atoms with E-state index in [9.17, 15) is 5.11 Å². The van der Waals surface area contributed by atoms with Gasteiger partial charge in [0, 0.05) is 13.5 Å². The third kappa shape index (κ3) is 2.65. The van der Waals surface area contributed by atoms with Crippen LogP contribution in [0.2, 0.25) is 0 Å². The summed E-state index contributed by atoms with van der Waals surface area (Å²) in [6.45, 7) is 3.76. The normalized spacial score (nSPS) is 14.1. The Bertz CT molecular complexity index is 474. The largest absolute Gasteiger partial charge is 0.390 e. The van der Waals surface area contributed by atoms with Crippen LogP contribution in [0.3, 0.4) is 0 Å². The minimum absolute atomic E-state index is 0.528. The molecule has 1 atom stereocenters. The maximum absolute atomic E-state index is 10.1. The molecule has 0 bridgehead atoms. The van der Waals surface area contributed by atoms with Gasteiger partial charge >= 0.3 is 0 Å². The molecule has 0 saturated carbocycles. The van der Waals surface area contributed by atoms with Crippen molar-refractivity contribution in [3.63, 3.8) is 0 Å². The molecule has 0 aliphatic carbocycles. The lowest BCUT2D eigenvalue weighted by atomic mass is 9.99. The number of fused-ring (bicyclic) bond motifs is 1. The van der Waals surface area contributed by atoms with Crippen LogP contribution in [0, 0.1) is 0 Å². The summed E-state index contributed by atoms with van der Waals surface area (Å²) in [5, 5.41) is 11.0. The number of aromatic nitrogens is 1. The lowest BCUT2D eigenvalue weighted by Gasteiger charge is -2.28. The lowest BCUT2D eigenvalue weighted by molar-refractivity contribution is -0.0764. The van der Waals surface area contributed by atoms with Gasteiger partial charge in [0.05, 0.1) is 26.9 Å². The van der Waals surface area contributed by atoms with E-state index >= 15 is 0 Å². The van der Waals surface area contributed by atoms with Crippen LogP contribution in [0.1, 0.15) is 18.9 Å². The van der Waals surface area contributed by atoms with E-state index in [1.54, 1.807) is 18.4 Å². The average molecular weight is 251 g/mol. The van der Waals surface area contributed by atoms with E-state index in [1.165, 1.54) is 0 Å². The molecule has 0 spiro atoms. The first kappa shape index (κ1) is 12.5. The van der Waals surface area contributed by atoms with Gasteiger partial charge in [0.1, 0.15) is 0 Å². The van der Waals surface area contributed by atoms with Gasteiger partial charge in [-0.3, -0.25) is 0 Å². The highest BCUT2D eigenvalue weighted by Gasteiger charge is 2.28. The van der Waals surface area contributed by atoms with Crippen molar-refractivity contribution in [1.82, 2.24) is 4.98 Å². The molecule has 0 aliphatic rings. The predicted molar refractivity (Wildman–Crippen MR) is 70.4 cm³/mol. The molecule has 1 unspecified atom stereocenters. The number of aliphatic hydroxyl groups is 1. The number of rotatable bonds is 4. The van der Waals surface area contributed by atoms with Gasteiger partial charge in [0.15, 0.2) is 0 Å². The van der Waals surface area contributed by atoms with Crippen molar-refractivity contribution in [1.29, 1.82) is 0 Å². The average Bonchev–Trinajstić information content (AvgIpc) is 2.70. The van der Waals surface area contributed by atoms with E-state index in [1.807, 2.05) is 38.1 Å². The van der Waals surface area contributed by atoms with Gasteiger partial charge in [0.25, 0.3) is 0 Å². The number of para-hydroxylation sites is 1. The topological polar surface area (TPSA) is 42.4 Å². The molecule has 0 aliphatic heterocycles. The quantitative estimate of drug-likeness (QED) is 0.908.